The molecule has 0 saturated heterocycles. The number of para-hydroxylation sites is 1. The van der Waals surface area contributed by atoms with Crippen molar-refractivity contribution in [1.82, 2.24) is 0 Å². The van der Waals surface area contributed by atoms with Crippen molar-refractivity contribution in [3.05, 3.63) is 24.3 Å². The van der Waals surface area contributed by atoms with Crippen LogP contribution in [0.5, 0.6) is 0 Å². The first-order valence-corrected chi connectivity index (χ1v) is 11.8. The van der Waals surface area contributed by atoms with Crippen LogP contribution in [0.25, 0.3) is 0 Å². The molecular formula is C11H13F6NO6S2Si. The quantitative estimate of drug-likeness (QED) is 0.362. The zero-order chi connectivity index (χ0) is 21.5. The summed E-state index contributed by atoms with van der Waals surface area (Å²) < 4.78 is 129. The summed E-state index contributed by atoms with van der Waals surface area (Å²) >= 11 is 0. The fourth-order valence-corrected chi connectivity index (χ4v) is 8.22. The number of hydrogen-bond donors (Lipinski definition) is 0. The minimum atomic E-state index is -6.48. The molecule has 0 N–H and O–H groups in total. The Balaban J connectivity index is 3.70. The Morgan fingerprint density at radius 2 is 1.22 bits per heavy atom. The second kappa shape index (κ2) is 7.23. The van der Waals surface area contributed by atoms with Gasteiger partial charge in [-0.2, -0.15) is 43.2 Å². The maximum atomic E-state index is 12.7. The average molecular weight is 461 g/mol. The number of halogens is 6. The molecule has 0 fully saturated rings. The van der Waals surface area contributed by atoms with Crippen molar-refractivity contribution in [2.45, 2.75) is 17.6 Å². The van der Waals surface area contributed by atoms with Gasteiger partial charge in [0.15, 0.2) is 0 Å². The Labute approximate surface area is 152 Å². The molecule has 0 saturated carbocycles. The fraction of sp³-hybridized carbons (Fsp3) is 0.455. The SMILES string of the molecule is CN(C)c1ccccc1[Si](C)(OS(=O)(=O)C(F)(F)F)OS(=O)(=O)C(F)(F)F. The summed E-state index contributed by atoms with van der Waals surface area (Å²) in [6.07, 6.45) is 0. The Hall–Kier alpha value is -1.36. The number of hydrogen-bond acceptors (Lipinski definition) is 7. The van der Waals surface area contributed by atoms with E-state index >= 15 is 0 Å². The number of alkyl halides is 6. The van der Waals surface area contributed by atoms with Gasteiger partial charge in [-0.15, -0.1) is 0 Å². The molecule has 16 heteroatoms. The zero-order valence-electron chi connectivity index (χ0n) is 13.8. The van der Waals surface area contributed by atoms with E-state index in [9.17, 15) is 43.2 Å². The third-order valence-corrected chi connectivity index (χ3v) is 9.81. The maximum Gasteiger partial charge on any atom is 0.522 e. The highest BCUT2D eigenvalue weighted by molar-refractivity contribution is 7.90. The predicted molar refractivity (Wildman–Crippen MR) is 84.1 cm³/mol. The van der Waals surface area contributed by atoms with Gasteiger partial charge in [-0.1, -0.05) is 18.2 Å². The molecule has 27 heavy (non-hydrogen) atoms. The van der Waals surface area contributed by atoms with E-state index in [4.69, 9.17) is 0 Å². The van der Waals surface area contributed by atoms with Gasteiger partial charge < -0.3 is 4.90 Å². The molecule has 0 bridgehead atoms. The molecule has 0 atom stereocenters. The molecule has 0 heterocycles. The Kier molecular flexibility index (Phi) is 6.34. The van der Waals surface area contributed by atoms with E-state index in [2.05, 4.69) is 7.74 Å². The van der Waals surface area contributed by atoms with Crippen molar-refractivity contribution in [3.8, 4) is 0 Å². The standard InChI is InChI=1S/C11H13F6NO6S2Si/c1-18(2)8-6-4-5-7-9(8)27(3,23-25(19,20)10(12,13)14)24-26(21,22)11(15,16)17/h4-7H,1-3H3. The first-order valence-electron chi connectivity index (χ1n) is 6.65. The number of nitrogens with zero attached hydrogens (tertiary/aromatic N) is 1. The van der Waals surface area contributed by atoms with E-state index in [0.29, 0.717) is 6.55 Å². The molecule has 0 aliphatic carbocycles. The molecule has 0 aromatic heterocycles. The number of benzene rings is 1. The van der Waals surface area contributed by atoms with Gasteiger partial charge in [-0.3, -0.25) is 7.74 Å². The second-order valence-electron chi connectivity index (χ2n) is 5.32. The molecule has 1 aromatic carbocycles. The minimum Gasteiger partial charge on any atom is -0.378 e. The van der Waals surface area contributed by atoms with Crippen LogP contribution in [0.1, 0.15) is 0 Å². The molecule has 0 aliphatic heterocycles. The summed E-state index contributed by atoms with van der Waals surface area (Å²) in [5.41, 5.74) is -12.1. The molecular weight excluding hydrogens is 448 g/mol. The van der Waals surface area contributed by atoms with Crippen LogP contribution in [0.4, 0.5) is 32.0 Å². The van der Waals surface area contributed by atoms with Crippen LogP contribution in [0.3, 0.4) is 0 Å². The van der Waals surface area contributed by atoms with Gasteiger partial charge >= 0.3 is 39.8 Å². The lowest BCUT2D eigenvalue weighted by Crippen LogP contribution is -2.57. The highest BCUT2D eigenvalue weighted by Crippen LogP contribution is 2.33. The van der Waals surface area contributed by atoms with Crippen molar-refractivity contribution in [2.75, 3.05) is 19.0 Å². The van der Waals surface area contributed by atoms with E-state index in [1.54, 1.807) is 0 Å². The third kappa shape index (κ3) is 5.12. The zero-order valence-corrected chi connectivity index (χ0v) is 16.4. The topological polar surface area (TPSA) is 90.0 Å². The summed E-state index contributed by atoms with van der Waals surface area (Å²) in [5, 5.41) is -0.573. The predicted octanol–water partition coefficient (Wildman–Crippen LogP) is 1.76. The van der Waals surface area contributed by atoms with Gasteiger partial charge in [0.25, 0.3) is 0 Å². The van der Waals surface area contributed by atoms with Gasteiger partial charge in [0, 0.05) is 25.0 Å². The number of rotatable bonds is 6. The van der Waals surface area contributed by atoms with Crippen LogP contribution in [-0.4, -0.2) is 50.5 Å². The molecule has 0 unspecified atom stereocenters. The summed E-state index contributed by atoms with van der Waals surface area (Å²) in [5.74, 6) is 0. The van der Waals surface area contributed by atoms with Crippen molar-refractivity contribution in [1.29, 1.82) is 0 Å². The summed E-state index contributed by atoms with van der Waals surface area (Å²) in [6, 6.07) is 4.60. The molecule has 1 aromatic rings. The lowest BCUT2D eigenvalue weighted by molar-refractivity contribution is -0.0529. The normalized spacial score (nSPS) is 14.3. The van der Waals surface area contributed by atoms with Crippen LogP contribution >= 0.6 is 0 Å². The fourth-order valence-electron chi connectivity index (χ4n) is 1.86. The molecule has 7 nitrogen and oxygen atoms in total. The molecule has 0 radical (unpaired) electrons. The molecule has 1 rings (SSSR count). The van der Waals surface area contributed by atoms with Gasteiger partial charge in [-0.25, -0.2) is 0 Å². The smallest absolute Gasteiger partial charge is 0.378 e. The monoisotopic (exact) mass is 461 g/mol. The van der Waals surface area contributed by atoms with Gasteiger partial charge in [-0.05, 0) is 12.6 Å². The lowest BCUT2D eigenvalue weighted by atomic mass is 10.3. The largest absolute Gasteiger partial charge is 0.522 e. The van der Waals surface area contributed by atoms with E-state index in [-0.39, 0.29) is 5.69 Å². The van der Waals surface area contributed by atoms with Crippen LogP contribution < -0.4 is 10.1 Å². The first-order chi connectivity index (χ1) is 11.8. The van der Waals surface area contributed by atoms with Crippen molar-refractivity contribution in [3.63, 3.8) is 0 Å². The van der Waals surface area contributed by atoms with E-state index in [1.807, 2.05) is 0 Å². The first kappa shape index (κ1) is 23.7. The highest BCUT2D eigenvalue weighted by Gasteiger charge is 2.59. The second-order valence-corrected chi connectivity index (χ2v) is 11.8. The van der Waals surface area contributed by atoms with Crippen LogP contribution in [0.15, 0.2) is 24.3 Å². The molecule has 156 valence electrons. The van der Waals surface area contributed by atoms with E-state index < -0.39 is 45.0 Å². The molecule has 0 aliphatic rings. The van der Waals surface area contributed by atoms with Crippen molar-refractivity contribution in [2.24, 2.45) is 0 Å². The van der Waals surface area contributed by atoms with E-state index in [1.165, 1.54) is 31.1 Å². The maximum absolute atomic E-state index is 12.7. The summed E-state index contributed by atoms with van der Waals surface area (Å²) in [6.45, 7) is 0.446. The lowest BCUT2D eigenvalue weighted by Gasteiger charge is -2.30. The van der Waals surface area contributed by atoms with Crippen molar-refractivity contribution >= 4 is 39.7 Å². The van der Waals surface area contributed by atoms with Gasteiger partial charge in [0.2, 0.25) is 0 Å². The van der Waals surface area contributed by atoms with Crippen molar-refractivity contribution < 1.29 is 50.9 Å². The van der Waals surface area contributed by atoms with Crippen LogP contribution in [0.2, 0.25) is 6.55 Å². The third-order valence-electron chi connectivity index (χ3n) is 2.98. The molecule has 0 amide bonds. The Bertz CT molecular complexity index is 851. The van der Waals surface area contributed by atoms with Crippen LogP contribution in [-0.2, 0) is 28.0 Å². The summed E-state index contributed by atoms with van der Waals surface area (Å²) in [7, 11) is -15.7. The van der Waals surface area contributed by atoms with Gasteiger partial charge in [0.05, 0.1) is 0 Å². The Morgan fingerprint density at radius 3 is 1.56 bits per heavy atom. The highest BCUT2D eigenvalue weighted by atomic mass is 32.2. The summed E-state index contributed by atoms with van der Waals surface area (Å²) in [4.78, 5) is 1.20. The average Bonchev–Trinajstić information content (AvgIpc) is 2.43. The minimum absolute atomic E-state index is 0.0959. The molecule has 0 spiro atoms. The Morgan fingerprint density at radius 1 is 0.852 bits per heavy atom. The van der Waals surface area contributed by atoms with Crippen LogP contribution in [0, 0.1) is 0 Å². The number of anilines is 1. The van der Waals surface area contributed by atoms with E-state index in [0.717, 1.165) is 12.1 Å². The van der Waals surface area contributed by atoms with Gasteiger partial charge in [0.1, 0.15) is 0 Å².